The number of fused-ring (bicyclic) bond motifs is 1. The molecule has 1 heterocycles. The lowest BCUT2D eigenvalue weighted by atomic mass is 9.98. The van der Waals surface area contributed by atoms with E-state index in [0.29, 0.717) is 5.92 Å². The fourth-order valence-corrected chi connectivity index (χ4v) is 2.28. The van der Waals surface area contributed by atoms with Crippen LogP contribution in [0.1, 0.15) is 43.5 Å². The molecule has 0 aliphatic carbocycles. The molecule has 0 fully saturated rings. The van der Waals surface area contributed by atoms with Crippen LogP contribution < -0.4 is 5.73 Å². The lowest BCUT2D eigenvalue weighted by Crippen LogP contribution is -2.18. The van der Waals surface area contributed by atoms with Gasteiger partial charge in [0, 0.05) is 23.5 Å². The van der Waals surface area contributed by atoms with E-state index in [-0.39, 0.29) is 6.04 Å². The standard InChI is InChI=1S/C16H22N2/c1-10(2)13-5-6-16-15(9-13)11(3)7-14(18-16)8-12(4)17/h5-7,9-10,12H,8,17H2,1-4H3. The third-order valence-electron chi connectivity index (χ3n) is 3.29. The first-order valence-corrected chi connectivity index (χ1v) is 6.63. The Labute approximate surface area is 109 Å². The van der Waals surface area contributed by atoms with Crippen molar-refractivity contribution in [2.45, 2.75) is 46.1 Å². The Morgan fingerprint density at radius 2 is 1.89 bits per heavy atom. The Bertz CT molecular complexity index is 556. The minimum atomic E-state index is 0.157. The third kappa shape index (κ3) is 2.70. The summed E-state index contributed by atoms with van der Waals surface area (Å²) < 4.78 is 0. The number of hydrogen-bond acceptors (Lipinski definition) is 2. The van der Waals surface area contributed by atoms with Gasteiger partial charge in [0.1, 0.15) is 0 Å². The molecular weight excluding hydrogens is 220 g/mol. The molecular formula is C16H22N2. The first-order valence-electron chi connectivity index (χ1n) is 6.63. The first-order chi connectivity index (χ1) is 8.47. The highest BCUT2D eigenvalue weighted by Crippen LogP contribution is 2.23. The average Bonchev–Trinajstić information content (AvgIpc) is 2.27. The van der Waals surface area contributed by atoms with E-state index >= 15 is 0 Å². The maximum atomic E-state index is 5.84. The summed E-state index contributed by atoms with van der Waals surface area (Å²) in [5.41, 5.74) is 10.7. The van der Waals surface area contributed by atoms with Crippen molar-refractivity contribution in [3.63, 3.8) is 0 Å². The van der Waals surface area contributed by atoms with E-state index in [9.17, 15) is 0 Å². The quantitative estimate of drug-likeness (QED) is 0.893. The van der Waals surface area contributed by atoms with Crippen molar-refractivity contribution in [1.82, 2.24) is 4.98 Å². The maximum Gasteiger partial charge on any atom is 0.0708 e. The molecule has 1 atom stereocenters. The molecule has 1 aromatic carbocycles. The average molecular weight is 242 g/mol. The van der Waals surface area contributed by atoms with Crippen LogP contribution in [0, 0.1) is 6.92 Å². The molecule has 0 aliphatic heterocycles. The highest BCUT2D eigenvalue weighted by atomic mass is 14.7. The molecule has 0 amide bonds. The maximum absolute atomic E-state index is 5.84. The van der Waals surface area contributed by atoms with Crippen LogP contribution in [-0.4, -0.2) is 11.0 Å². The van der Waals surface area contributed by atoms with E-state index in [1.807, 2.05) is 6.92 Å². The molecule has 0 radical (unpaired) electrons. The largest absolute Gasteiger partial charge is 0.328 e. The predicted molar refractivity (Wildman–Crippen MR) is 77.9 cm³/mol. The summed E-state index contributed by atoms with van der Waals surface area (Å²) >= 11 is 0. The summed E-state index contributed by atoms with van der Waals surface area (Å²) in [5.74, 6) is 0.553. The molecule has 0 saturated heterocycles. The first kappa shape index (κ1) is 13.0. The summed E-state index contributed by atoms with van der Waals surface area (Å²) in [6, 6.07) is 8.88. The van der Waals surface area contributed by atoms with Gasteiger partial charge in [-0.05, 0) is 49.1 Å². The van der Waals surface area contributed by atoms with E-state index in [4.69, 9.17) is 10.7 Å². The number of aromatic nitrogens is 1. The van der Waals surface area contributed by atoms with E-state index < -0.39 is 0 Å². The fourth-order valence-electron chi connectivity index (χ4n) is 2.28. The van der Waals surface area contributed by atoms with Gasteiger partial charge in [0.05, 0.1) is 5.52 Å². The zero-order chi connectivity index (χ0) is 13.3. The summed E-state index contributed by atoms with van der Waals surface area (Å²) in [7, 11) is 0. The van der Waals surface area contributed by atoms with Crippen molar-refractivity contribution in [3.8, 4) is 0 Å². The number of pyridine rings is 1. The van der Waals surface area contributed by atoms with Crippen molar-refractivity contribution in [2.75, 3.05) is 0 Å². The number of benzene rings is 1. The highest BCUT2D eigenvalue weighted by Gasteiger charge is 2.07. The van der Waals surface area contributed by atoms with E-state index in [0.717, 1.165) is 17.6 Å². The SMILES string of the molecule is Cc1cc(CC(C)N)nc2ccc(C(C)C)cc12. The Kier molecular flexibility index (Phi) is 3.67. The smallest absolute Gasteiger partial charge is 0.0708 e. The molecule has 2 N–H and O–H groups in total. The summed E-state index contributed by atoms with van der Waals surface area (Å²) in [4.78, 5) is 4.70. The Morgan fingerprint density at radius 1 is 1.17 bits per heavy atom. The van der Waals surface area contributed by atoms with Crippen LogP contribution in [0.4, 0.5) is 0 Å². The van der Waals surface area contributed by atoms with Crippen molar-refractivity contribution in [3.05, 3.63) is 41.1 Å². The Balaban J connectivity index is 2.51. The summed E-state index contributed by atoms with van der Waals surface area (Å²) in [6.07, 6.45) is 0.836. The monoisotopic (exact) mass is 242 g/mol. The van der Waals surface area contributed by atoms with E-state index in [2.05, 4.69) is 45.0 Å². The molecule has 2 heteroatoms. The molecule has 0 aliphatic rings. The minimum Gasteiger partial charge on any atom is -0.328 e. The van der Waals surface area contributed by atoms with Gasteiger partial charge < -0.3 is 5.73 Å². The van der Waals surface area contributed by atoms with E-state index in [1.165, 1.54) is 16.5 Å². The number of hydrogen-bond donors (Lipinski definition) is 1. The summed E-state index contributed by atoms with van der Waals surface area (Å²) in [6.45, 7) is 8.60. The fraction of sp³-hybridized carbons (Fsp3) is 0.438. The second kappa shape index (κ2) is 5.07. The van der Waals surface area contributed by atoms with Crippen LogP contribution in [-0.2, 0) is 6.42 Å². The molecule has 96 valence electrons. The van der Waals surface area contributed by atoms with Crippen molar-refractivity contribution < 1.29 is 0 Å². The van der Waals surface area contributed by atoms with Gasteiger partial charge in [-0.3, -0.25) is 4.98 Å². The molecule has 1 aromatic heterocycles. The Hall–Kier alpha value is -1.41. The predicted octanol–water partition coefficient (Wildman–Crippen LogP) is 3.56. The van der Waals surface area contributed by atoms with Crippen LogP contribution >= 0.6 is 0 Å². The minimum absolute atomic E-state index is 0.157. The van der Waals surface area contributed by atoms with Crippen LogP contribution in [0.3, 0.4) is 0 Å². The number of rotatable bonds is 3. The number of aryl methyl sites for hydroxylation is 1. The topological polar surface area (TPSA) is 38.9 Å². The molecule has 2 aromatic rings. The Morgan fingerprint density at radius 3 is 2.50 bits per heavy atom. The van der Waals surface area contributed by atoms with Gasteiger partial charge in [-0.25, -0.2) is 0 Å². The van der Waals surface area contributed by atoms with Crippen molar-refractivity contribution >= 4 is 10.9 Å². The van der Waals surface area contributed by atoms with Crippen LogP contribution in [0.5, 0.6) is 0 Å². The van der Waals surface area contributed by atoms with Crippen LogP contribution in [0.15, 0.2) is 24.3 Å². The zero-order valence-electron chi connectivity index (χ0n) is 11.7. The summed E-state index contributed by atoms with van der Waals surface area (Å²) in [5, 5.41) is 1.26. The lowest BCUT2D eigenvalue weighted by molar-refractivity contribution is 0.724. The van der Waals surface area contributed by atoms with E-state index in [1.54, 1.807) is 0 Å². The number of nitrogens with two attached hydrogens (primary N) is 1. The van der Waals surface area contributed by atoms with Gasteiger partial charge in [0.15, 0.2) is 0 Å². The van der Waals surface area contributed by atoms with Crippen LogP contribution in [0.2, 0.25) is 0 Å². The molecule has 1 unspecified atom stereocenters. The molecule has 2 nitrogen and oxygen atoms in total. The van der Waals surface area contributed by atoms with Crippen molar-refractivity contribution in [1.29, 1.82) is 0 Å². The normalized spacial score (nSPS) is 13.2. The lowest BCUT2D eigenvalue weighted by Gasteiger charge is -2.11. The zero-order valence-corrected chi connectivity index (χ0v) is 11.7. The molecule has 18 heavy (non-hydrogen) atoms. The van der Waals surface area contributed by atoms with Gasteiger partial charge in [-0.2, -0.15) is 0 Å². The van der Waals surface area contributed by atoms with Gasteiger partial charge >= 0.3 is 0 Å². The highest BCUT2D eigenvalue weighted by molar-refractivity contribution is 5.83. The van der Waals surface area contributed by atoms with Crippen molar-refractivity contribution in [2.24, 2.45) is 5.73 Å². The second-order valence-electron chi connectivity index (χ2n) is 5.54. The number of nitrogens with zero attached hydrogens (tertiary/aromatic N) is 1. The molecule has 0 spiro atoms. The van der Waals surface area contributed by atoms with Gasteiger partial charge in [0.2, 0.25) is 0 Å². The third-order valence-corrected chi connectivity index (χ3v) is 3.29. The molecule has 0 saturated carbocycles. The van der Waals surface area contributed by atoms with Gasteiger partial charge in [0.25, 0.3) is 0 Å². The second-order valence-corrected chi connectivity index (χ2v) is 5.54. The molecule has 0 bridgehead atoms. The molecule has 2 rings (SSSR count). The van der Waals surface area contributed by atoms with Gasteiger partial charge in [-0.15, -0.1) is 0 Å². The van der Waals surface area contributed by atoms with Crippen LogP contribution in [0.25, 0.3) is 10.9 Å². The van der Waals surface area contributed by atoms with Gasteiger partial charge in [-0.1, -0.05) is 19.9 Å².